The van der Waals surface area contributed by atoms with Gasteiger partial charge in [-0.25, -0.2) is 0 Å². The summed E-state index contributed by atoms with van der Waals surface area (Å²) < 4.78 is 0. The number of rotatable bonds is 6. The van der Waals surface area contributed by atoms with E-state index in [0.717, 1.165) is 12.5 Å². The van der Waals surface area contributed by atoms with E-state index in [2.05, 4.69) is 24.1 Å². The molecule has 0 amide bonds. The Kier molecular flexibility index (Phi) is 5.03. The highest BCUT2D eigenvalue weighted by atomic mass is 16.3. The van der Waals surface area contributed by atoms with Crippen LogP contribution in [0.3, 0.4) is 0 Å². The monoisotopic (exact) mass is 214 g/mol. The Morgan fingerprint density at radius 3 is 2.73 bits per heavy atom. The molecule has 2 N–H and O–H groups in total. The molecule has 1 fully saturated rings. The predicted octanol–water partition coefficient (Wildman–Crippen LogP) is 1.22. The molecule has 1 aliphatic heterocycles. The highest BCUT2D eigenvalue weighted by Crippen LogP contribution is 2.18. The molecule has 0 aliphatic carbocycles. The molecule has 1 saturated heterocycles. The Morgan fingerprint density at radius 1 is 1.53 bits per heavy atom. The lowest BCUT2D eigenvalue weighted by atomic mass is 9.97. The Balaban J connectivity index is 2.20. The largest absolute Gasteiger partial charge is 0.394 e. The predicted molar refractivity (Wildman–Crippen MR) is 64.1 cm³/mol. The number of likely N-dealkylation sites (tertiary alicyclic amines) is 1. The molecule has 0 spiro atoms. The first-order valence-corrected chi connectivity index (χ1v) is 6.15. The quantitative estimate of drug-likeness (QED) is 0.698. The molecule has 0 aromatic carbocycles. The second-order valence-corrected chi connectivity index (χ2v) is 5.10. The van der Waals surface area contributed by atoms with Gasteiger partial charge in [0.15, 0.2) is 0 Å². The van der Waals surface area contributed by atoms with Crippen molar-refractivity contribution in [1.29, 1.82) is 0 Å². The van der Waals surface area contributed by atoms with E-state index in [4.69, 9.17) is 0 Å². The van der Waals surface area contributed by atoms with Gasteiger partial charge >= 0.3 is 0 Å². The third kappa shape index (κ3) is 3.74. The first kappa shape index (κ1) is 12.9. The Bertz CT molecular complexity index is 180. The number of nitrogens with one attached hydrogen (secondary N) is 1. The summed E-state index contributed by atoms with van der Waals surface area (Å²) in [5, 5.41) is 12.4. The van der Waals surface area contributed by atoms with Crippen molar-refractivity contribution in [2.75, 3.05) is 26.7 Å². The topological polar surface area (TPSA) is 35.5 Å². The zero-order valence-electron chi connectivity index (χ0n) is 10.4. The minimum absolute atomic E-state index is 0.0943. The highest BCUT2D eigenvalue weighted by molar-refractivity contribution is 4.82. The summed E-state index contributed by atoms with van der Waals surface area (Å²) in [6, 6.07) is 0.764. The molecule has 3 nitrogen and oxygen atoms in total. The van der Waals surface area contributed by atoms with Gasteiger partial charge in [0.2, 0.25) is 0 Å². The molecule has 15 heavy (non-hydrogen) atoms. The standard InChI is InChI=1S/C12H26N2O/c1-11-6-4-8-14(11)9-5-7-12(2,10-15)13-3/h11,13,15H,4-10H2,1-3H3. The molecule has 3 heteroatoms. The minimum Gasteiger partial charge on any atom is -0.394 e. The smallest absolute Gasteiger partial charge is 0.0610 e. The van der Waals surface area contributed by atoms with Gasteiger partial charge < -0.3 is 15.3 Å². The first-order valence-electron chi connectivity index (χ1n) is 6.15. The number of likely N-dealkylation sites (N-methyl/N-ethyl adjacent to an activating group) is 1. The lowest BCUT2D eigenvalue weighted by Gasteiger charge is -2.28. The van der Waals surface area contributed by atoms with Crippen LogP contribution in [0.4, 0.5) is 0 Å². The van der Waals surface area contributed by atoms with E-state index in [1.807, 2.05) is 7.05 Å². The van der Waals surface area contributed by atoms with Crippen molar-refractivity contribution >= 4 is 0 Å². The third-order valence-corrected chi connectivity index (χ3v) is 3.82. The zero-order chi connectivity index (χ0) is 11.3. The minimum atomic E-state index is -0.0943. The molecular weight excluding hydrogens is 188 g/mol. The summed E-state index contributed by atoms with van der Waals surface area (Å²) >= 11 is 0. The molecule has 1 rings (SSSR count). The molecule has 90 valence electrons. The fourth-order valence-electron chi connectivity index (χ4n) is 2.28. The van der Waals surface area contributed by atoms with Crippen LogP contribution in [0.25, 0.3) is 0 Å². The van der Waals surface area contributed by atoms with Crippen molar-refractivity contribution in [3.05, 3.63) is 0 Å². The SMILES string of the molecule is CNC(C)(CO)CCCN1CCCC1C. The van der Waals surface area contributed by atoms with E-state index in [0.29, 0.717) is 0 Å². The normalized spacial score (nSPS) is 26.8. The van der Waals surface area contributed by atoms with Gasteiger partial charge in [0.1, 0.15) is 0 Å². The van der Waals surface area contributed by atoms with Gasteiger partial charge in [-0.1, -0.05) is 0 Å². The van der Waals surface area contributed by atoms with E-state index >= 15 is 0 Å². The molecule has 1 heterocycles. The maximum Gasteiger partial charge on any atom is 0.0610 e. The molecule has 0 saturated carbocycles. The van der Waals surface area contributed by atoms with Crippen molar-refractivity contribution in [2.24, 2.45) is 0 Å². The maximum atomic E-state index is 9.25. The zero-order valence-corrected chi connectivity index (χ0v) is 10.4. The summed E-state index contributed by atoms with van der Waals surface area (Å²) in [5.74, 6) is 0. The molecule has 1 aliphatic rings. The van der Waals surface area contributed by atoms with E-state index < -0.39 is 0 Å². The van der Waals surface area contributed by atoms with Gasteiger partial charge in [-0.05, 0) is 59.7 Å². The number of hydrogen-bond donors (Lipinski definition) is 2. The van der Waals surface area contributed by atoms with Crippen LogP contribution in [0.2, 0.25) is 0 Å². The van der Waals surface area contributed by atoms with Crippen LogP contribution in [-0.2, 0) is 0 Å². The van der Waals surface area contributed by atoms with Crippen molar-refractivity contribution in [2.45, 2.75) is 51.1 Å². The van der Waals surface area contributed by atoms with Crippen LogP contribution in [0.1, 0.15) is 39.5 Å². The Labute approximate surface area is 93.9 Å². The van der Waals surface area contributed by atoms with Gasteiger partial charge in [0.05, 0.1) is 6.61 Å². The average molecular weight is 214 g/mol. The maximum absolute atomic E-state index is 9.25. The van der Waals surface area contributed by atoms with E-state index in [-0.39, 0.29) is 12.1 Å². The van der Waals surface area contributed by atoms with Crippen LogP contribution in [-0.4, -0.2) is 48.3 Å². The molecule has 2 unspecified atom stereocenters. The molecule has 0 aromatic rings. The van der Waals surface area contributed by atoms with Gasteiger partial charge in [-0.15, -0.1) is 0 Å². The number of aliphatic hydroxyl groups excluding tert-OH is 1. The van der Waals surface area contributed by atoms with Crippen LogP contribution < -0.4 is 5.32 Å². The van der Waals surface area contributed by atoms with Crippen molar-refractivity contribution in [1.82, 2.24) is 10.2 Å². The van der Waals surface area contributed by atoms with E-state index in [1.54, 1.807) is 0 Å². The Morgan fingerprint density at radius 2 is 2.27 bits per heavy atom. The van der Waals surface area contributed by atoms with Crippen LogP contribution >= 0.6 is 0 Å². The number of hydrogen-bond acceptors (Lipinski definition) is 3. The lowest BCUT2D eigenvalue weighted by Crippen LogP contribution is -2.44. The Hall–Kier alpha value is -0.120. The molecule has 0 bridgehead atoms. The summed E-state index contributed by atoms with van der Waals surface area (Å²) in [6.07, 6.45) is 4.92. The molecule has 0 aromatic heterocycles. The van der Waals surface area contributed by atoms with Crippen molar-refractivity contribution in [3.8, 4) is 0 Å². The fourth-order valence-corrected chi connectivity index (χ4v) is 2.28. The fraction of sp³-hybridized carbons (Fsp3) is 1.00. The number of nitrogens with zero attached hydrogens (tertiary/aromatic N) is 1. The molecule has 0 radical (unpaired) electrons. The van der Waals surface area contributed by atoms with Crippen LogP contribution in [0.15, 0.2) is 0 Å². The van der Waals surface area contributed by atoms with Gasteiger partial charge in [-0.3, -0.25) is 0 Å². The lowest BCUT2D eigenvalue weighted by molar-refractivity contribution is 0.163. The van der Waals surface area contributed by atoms with Crippen molar-refractivity contribution < 1.29 is 5.11 Å². The second kappa shape index (κ2) is 5.83. The van der Waals surface area contributed by atoms with Crippen LogP contribution in [0.5, 0.6) is 0 Å². The first-order chi connectivity index (χ1) is 7.11. The molecule has 2 atom stereocenters. The van der Waals surface area contributed by atoms with Gasteiger partial charge in [-0.2, -0.15) is 0 Å². The summed E-state index contributed by atoms with van der Waals surface area (Å²) in [4.78, 5) is 2.56. The average Bonchev–Trinajstić information content (AvgIpc) is 2.64. The summed E-state index contributed by atoms with van der Waals surface area (Å²) in [7, 11) is 1.93. The number of aliphatic hydroxyl groups is 1. The van der Waals surface area contributed by atoms with Gasteiger partial charge in [0, 0.05) is 11.6 Å². The second-order valence-electron chi connectivity index (χ2n) is 5.10. The summed E-state index contributed by atoms with van der Waals surface area (Å²) in [5.41, 5.74) is -0.0943. The van der Waals surface area contributed by atoms with Crippen LogP contribution in [0, 0.1) is 0 Å². The summed E-state index contributed by atoms with van der Waals surface area (Å²) in [6.45, 7) is 7.06. The third-order valence-electron chi connectivity index (χ3n) is 3.82. The molecular formula is C12H26N2O. The van der Waals surface area contributed by atoms with E-state index in [9.17, 15) is 5.11 Å². The highest BCUT2D eigenvalue weighted by Gasteiger charge is 2.23. The van der Waals surface area contributed by atoms with Gasteiger partial charge in [0.25, 0.3) is 0 Å². The van der Waals surface area contributed by atoms with E-state index in [1.165, 1.54) is 32.4 Å². The van der Waals surface area contributed by atoms with Crippen molar-refractivity contribution in [3.63, 3.8) is 0 Å².